The Kier molecular flexibility index (Phi) is 10.8. The van der Waals surface area contributed by atoms with Crippen molar-refractivity contribution < 1.29 is 19.1 Å². The number of hydrazine groups is 1. The van der Waals surface area contributed by atoms with Gasteiger partial charge in [-0.2, -0.15) is 0 Å². The Morgan fingerprint density at radius 1 is 0.962 bits per heavy atom. The molecular formula is C18H27N3O4S. The van der Waals surface area contributed by atoms with Gasteiger partial charge in [-0.25, -0.2) is 0 Å². The maximum atomic E-state index is 11.7. The number of thiocarbonyl (C=S) groups is 1. The average Bonchev–Trinajstić information content (AvgIpc) is 2.65. The Morgan fingerprint density at radius 3 is 2.27 bits per heavy atom. The third-order valence-electron chi connectivity index (χ3n) is 3.51. The van der Waals surface area contributed by atoms with Gasteiger partial charge in [0.25, 0.3) is 5.91 Å². The van der Waals surface area contributed by atoms with Crippen molar-refractivity contribution in [2.75, 3.05) is 13.7 Å². The van der Waals surface area contributed by atoms with Crippen molar-refractivity contribution in [1.29, 1.82) is 0 Å². The number of carbonyl (C=O) groups is 2. The zero-order valence-electron chi connectivity index (χ0n) is 15.3. The number of methoxy groups -OCH3 is 1. The highest BCUT2D eigenvalue weighted by Crippen LogP contribution is 2.16. The summed E-state index contributed by atoms with van der Waals surface area (Å²) >= 11 is 4.96. The third-order valence-corrected chi connectivity index (χ3v) is 3.71. The Hall–Kier alpha value is -2.35. The van der Waals surface area contributed by atoms with Crippen LogP contribution in [-0.2, 0) is 9.59 Å². The summed E-state index contributed by atoms with van der Waals surface area (Å²) in [7, 11) is 1.57. The topological polar surface area (TPSA) is 88.7 Å². The fourth-order valence-corrected chi connectivity index (χ4v) is 2.26. The summed E-state index contributed by atoms with van der Waals surface area (Å²) in [6.45, 7) is 1.96. The van der Waals surface area contributed by atoms with Crippen LogP contribution < -0.4 is 25.6 Å². The largest absolute Gasteiger partial charge is 0.497 e. The van der Waals surface area contributed by atoms with Crippen molar-refractivity contribution in [2.45, 2.75) is 45.4 Å². The second kappa shape index (κ2) is 12.9. The summed E-state index contributed by atoms with van der Waals surface area (Å²) in [6.07, 6.45) is 5.77. The van der Waals surface area contributed by atoms with Crippen LogP contribution in [-0.4, -0.2) is 30.6 Å². The molecule has 1 aromatic rings. The Bertz CT molecular complexity index is 578. The summed E-state index contributed by atoms with van der Waals surface area (Å²) in [5, 5.41) is 2.58. The molecule has 1 aromatic carbocycles. The lowest BCUT2D eigenvalue weighted by molar-refractivity contribution is -0.124. The number of carbonyl (C=O) groups excluding carboxylic acids is 2. The van der Waals surface area contributed by atoms with E-state index in [-0.39, 0.29) is 17.6 Å². The van der Waals surface area contributed by atoms with Crippen molar-refractivity contribution in [3.63, 3.8) is 0 Å². The van der Waals surface area contributed by atoms with E-state index in [1.807, 2.05) is 0 Å². The molecule has 0 radical (unpaired) electrons. The quantitative estimate of drug-likeness (QED) is 0.328. The molecule has 0 aromatic heterocycles. The number of amides is 2. The number of rotatable bonds is 10. The molecule has 0 bridgehead atoms. The minimum absolute atomic E-state index is 0.0568. The Morgan fingerprint density at radius 2 is 1.62 bits per heavy atom. The number of ether oxygens (including phenoxy) is 2. The number of hydrogen-bond acceptors (Lipinski definition) is 5. The lowest BCUT2D eigenvalue weighted by atomic mass is 10.1. The van der Waals surface area contributed by atoms with Gasteiger partial charge < -0.3 is 14.8 Å². The van der Waals surface area contributed by atoms with Crippen LogP contribution in [0.3, 0.4) is 0 Å². The second-order valence-electron chi connectivity index (χ2n) is 5.68. The third kappa shape index (κ3) is 9.83. The zero-order valence-corrected chi connectivity index (χ0v) is 16.1. The van der Waals surface area contributed by atoms with Gasteiger partial charge in [-0.1, -0.05) is 32.6 Å². The average molecular weight is 381 g/mol. The highest BCUT2D eigenvalue weighted by molar-refractivity contribution is 7.80. The summed E-state index contributed by atoms with van der Waals surface area (Å²) in [5.41, 5.74) is 4.85. The fourth-order valence-electron chi connectivity index (χ4n) is 2.09. The molecule has 0 saturated carbocycles. The molecule has 7 nitrogen and oxygen atoms in total. The lowest BCUT2D eigenvalue weighted by Crippen LogP contribution is -2.49. The van der Waals surface area contributed by atoms with E-state index in [1.54, 1.807) is 31.4 Å². The molecule has 0 spiro atoms. The molecule has 0 aliphatic carbocycles. The predicted molar refractivity (Wildman–Crippen MR) is 104 cm³/mol. The standard InChI is InChI=1S/C18H27N3O4S/c1-3-4-5-6-7-8-16(22)19-18(26)21-20-17(23)13-25-15-11-9-14(24-2)10-12-15/h9-12H,3-8,13H2,1-2H3,(H,20,23)(H2,19,21,22,26). The highest BCUT2D eigenvalue weighted by Gasteiger charge is 2.07. The van der Waals surface area contributed by atoms with Crippen molar-refractivity contribution in [2.24, 2.45) is 0 Å². The van der Waals surface area contributed by atoms with Gasteiger partial charge in [0, 0.05) is 6.42 Å². The van der Waals surface area contributed by atoms with Crippen LogP contribution in [0.15, 0.2) is 24.3 Å². The molecular weight excluding hydrogens is 354 g/mol. The molecule has 3 N–H and O–H groups in total. The molecule has 0 atom stereocenters. The van der Waals surface area contributed by atoms with Crippen molar-refractivity contribution in [1.82, 2.24) is 16.2 Å². The zero-order chi connectivity index (χ0) is 19.2. The molecule has 2 amide bonds. The molecule has 0 aliphatic rings. The van der Waals surface area contributed by atoms with E-state index in [2.05, 4.69) is 23.1 Å². The van der Waals surface area contributed by atoms with Gasteiger partial charge in [-0.05, 0) is 42.9 Å². The molecule has 0 fully saturated rings. The summed E-state index contributed by atoms with van der Waals surface area (Å²) < 4.78 is 10.4. The molecule has 144 valence electrons. The monoisotopic (exact) mass is 381 g/mol. The van der Waals surface area contributed by atoms with E-state index in [1.165, 1.54) is 12.8 Å². The molecule has 8 heteroatoms. The highest BCUT2D eigenvalue weighted by atomic mass is 32.1. The van der Waals surface area contributed by atoms with E-state index in [0.29, 0.717) is 17.9 Å². The van der Waals surface area contributed by atoms with Gasteiger partial charge in [0.15, 0.2) is 11.7 Å². The van der Waals surface area contributed by atoms with Crippen LogP contribution >= 0.6 is 12.2 Å². The van der Waals surface area contributed by atoms with Crippen LogP contribution in [0.5, 0.6) is 11.5 Å². The first kappa shape index (κ1) is 21.7. The van der Waals surface area contributed by atoms with Crippen molar-refractivity contribution >= 4 is 29.1 Å². The van der Waals surface area contributed by atoms with Gasteiger partial charge in [0.05, 0.1) is 7.11 Å². The van der Waals surface area contributed by atoms with E-state index in [9.17, 15) is 9.59 Å². The van der Waals surface area contributed by atoms with Gasteiger partial charge in [0.1, 0.15) is 11.5 Å². The first-order chi connectivity index (χ1) is 12.5. The van der Waals surface area contributed by atoms with Crippen molar-refractivity contribution in [3.05, 3.63) is 24.3 Å². The Balaban J connectivity index is 2.14. The molecule has 1 rings (SSSR count). The van der Waals surface area contributed by atoms with Gasteiger partial charge in [-0.3, -0.25) is 20.4 Å². The summed E-state index contributed by atoms with van der Waals surface area (Å²) in [6, 6.07) is 6.87. The van der Waals surface area contributed by atoms with Gasteiger partial charge >= 0.3 is 0 Å². The SMILES string of the molecule is CCCCCCCC(=O)NC(=S)NNC(=O)COc1ccc(OC)cc1. The van der Waals surface area contributed by atoms with Crippen LogP contribution in [0.4, 0.5) is 0 Å². The first-order valence-electron chi connectivity index (χ1n) is 8.70. The lowest BCUT2D eigenvalue weighted by Gasteiger charge is -2.11. The number of hydrogen-bond donors (Lipinski definition) is 3. The maximum Gasteiger partial charge on any atom is 0.276 e. The van der Waals surface area contributed by atoms with Crippen LogP contribution in [0.25, 0.3) is 0 Å². The normalized spacial score (nSPS) is 9.92. The molecule has 26 heavy (non-hydrogen) atoms. The summed E-state index contributed by atoms with van der Waals surface area (Å²) in [4.78, 5) is 23.4. The minimum Gasteiger partial charge on any atom is -0.497 e. The molecule has 0 heterocycles. The van der Waals surface area contributed by atoms with Gasteiger partial charge in [0.2, 0.25) is 5.91 Å². The number of benzene rings is 1. The molecule has 0 saturated heterocycles. The van der Waals surface area contributed by atoms with Crippen LogP contribution in [0.1, 0.15) is 45.4 Å². The fraction of sp³-hybridized carbons (Fsp3) is 0.500. The first-order valence-corrected chi connectivity index (χ1v) is 9.11. The summed E-state index contributed by atoms with van der Waals surface area (Å²) in [5.74, 6) is 0.662. The molecule has 0 aliphatic heterocycles. The van der Waals surface area contributed by atoms with Crippen LogP contribution in [0, 0.1) is 0 Å². The smallest absolute Gasteiger partial charge is 0.276 e. The number of nitrogens with one attached hydrogen (secondary N) is 3. The van der Waals surface area contributed by atoms with E-state index >= 15 is 0 Å². The molecule has 0 unspecified atom stereocenters. The van der Waals surface area contributed by atoms with Crippen LogP contribution in [0.2, 0.25) is 0 Å². The van der Waals surface area contributed by atoms with E-state index in [0.717, 1.165) is 19.3 Å². The minimum atomic E-state index is -0.419. The Labute approximate surface area is 159 Å². The number of unbranched alkanes of at least 4 members (excludes halogenated alkanes) is 4. The van der Waals surface area contributed by atoms with Crippen molar-refractivity contribution in [3.8, 4) is 11.5 Å². The predicted octanol–water partition coefficient (Wildman–Crippen LogP) is 2.46. The second-order valence-corrected chi connectivity index (χ2v) is 6.09. The van der Waals surface area contributed by atoms with E-state index in [4.69, 9.17) is 21.7 Å². The maximum absolute atomic E-state index is 11.7. The van der Waals surface area contributed by atoms with E-state index < -0.39 is 5.91 Å². The van der Waals surface area contributed by atoms with Gasteiger partial charge in [-0.15, -0.1) is 0 Å².